The molecule has 0 aliphatic heterocycles. The van der Waals surface area contributed by atoms with E-state index in [1.165, 1.54) is 12.8 Å². The van der Waals surface area contributed by atoms with Crippen molar-refractivity contribution in [3.05, 3.63) is 17.1 Å². The van der Waals surface area contributed by atoms with Crippen LogP contribution in [0.2, 0.25) is 0 Å². The number of hydrogen-bond donors (Lipinski definition) is 2. The highest BCUT2D eigenvalue weighted by atomic mass is 32.2. The number of nitrogens with one attached hydrogen (secondary N) is 2. The van der Waals surface area contributed by atoms with Gasteiger partial charge in [-0.05, 0) is 44.9 Å². The molecule has 5 nitrogen and oxygen atoms in total. The Labute approximate surface area is 126 Å². The summed E-state index contributed by atoms with van der Waals surface area (Å²) in [6.07, 6.45) is 3.47. The van der Waals surface area contributed by atoms with Crippen LogP contribution in [-0.4, -0.2) is 21.0 Å². The molecule has 2 aliphatic carbocycles. The maximum atomic E-state index is 12.6. The first-order valence-corrected chi connectivity index (χ1v) is 9.18. The van der Waals surface area contributed by atoms with Gasteiger partial charge in [0, 0.05) is 24.7 Å². The molecule has 1 aromatic heterocycles. The van der Waals surface area contributed by atoms with Crippen LogP contribution in [0.15, 0.2) is 9.31 Å². The zero-order valence-corrected chi connectivity index (χ0v) is 13.7. The Morgan fingerprint density at radius 2 is 1.90 bits per heavy atom. The Morgan fingerprint density at radius 1 is 1.24 bits per heavy atom. The number of furan rings is 1. The van der Waals surface area contributed by atoms with E-state index in [0.717, 1.165) is 12.0 Å². The van der Waals surface area contributed by atoms with Crippen molar-refractivity contribution in [3.63, 3.8) is 0 Å². The summed E-state index contributed by atoms with van der Waals surface area (Å²) in [6, 6.07) is 0.537. The minimum atomic E-state index is -3.49. The average Bonchev–Trinajstić information content (AvgIpc) is 3.29. The third-order valence-corrected chi connectivity index (χ3v) is 6.17. The van der Waals surface area contributed by atoms with Crippen LogP contribution in [0.4, 0.5) is 0 Å². The predicted octanol–water partition coefficient (Wildman–Crippen LogP) is 2.08. The van der Waals surface area contributed by atoms with E-state index in [4.69, 9.17) is 4.42 Å². The van der Waals surface area contributed by atoms with Gasteiger partial charge >= 0.3 is 0 Å². The van der Waals surface area contributed by atoms with Gasteiger partial charge in [0.05, 0.1) is 0 Å². The number of aryl methyl sites for hydroxylation is 2. The van der Waals surface area contributed by atoms with Gasteiger partial charge in [0.1, 0.15) is 16.4 Å². The van der Waals surface area contributed by atoms with Gasteiger partial charge in [-0.2, -0.15) is 0 Å². The Bertz CT molecular complexity index is 632. The van der Waals surface area contributed by atoms with Crippen LogP contribution in [-0.2, 0) is 16.6 Å². The van der Waals surface area contributed by atoms with Crippen molar-refractivity contribution in [1.29, 1.82) is 0 Å². The summed E-state index contributed by atoms with van der Waals surface area (Å²) in [5.74, 6) is 2.30. The van der Waals surface area contributed by atoms with Gasteiger partial charge in [-0.3, -0.25) is 0 Å². The monoisotopic (exact) mass is 312 g/mol. The maximum Gasteiger partial charge on any atom is 0.244 e. The van der Waals surface area contributed by atoms with Crippen LogP contribution in [0.3, 0.4) is 0 Å². The lowest BCUT2D eigenvalue weighted by molar-refractivity contribution is 0.492. The fourth-order valence-corrected chi connectivity index (χ4v) is 4.31. The molecule has 1 heterocycles. The number of hydrogen-bond acceptors (Lipinski definition) is 4. The lowest BCUT2D eigenvalue weighted by Gasteiger charge is -2.09. The van der Waals surface area contributed by atoms with Crippen LogP contribution in [0, 0.1) is 25.7 Å². The number of rotatable bonds is 7. The summed E-state index contributed by atoms with van der Waals surface area (Å²) < 4.78 is 33.5. The molecule has 6 heteroatoms. The van der Waals surface area contributed by atoms with Crippen molar-refractivity contribution < 1.29 is 12.8 Å². The minimum Gasteiger partial charge on any atom is -0.465 e. The summed E-state index contributed by atoms with van der Waals surface area (Å²) in [5, 5.41) is 3.37. The van der Waals surface area contributed by atoms with E-state index in [2.05, 4.69) is 17.0 Å². The van der Waals surface area contributed by atoms with Crippen molar-refractivity contribution in [1.82, 2.24) is 10.0 Å². The summed E-state index contributed by atoms with van der Waals surface area (Å²) in [5.41, 5.74) is 0.774. The van der Waals surface area contributed by atoms with Crippen molar-refractivity contribution in [2.24, 2.45) is 11.8 Å². The highest BCUT2D eigenvalue weighted by Crippen LogP contribution is 2.37. The van der Waals surface area contributed by atoms with E-state index in [0.29, 0.717) is 47.4 Å². The molecule has 0 saturated heterocycles. The molecule has 2 fully saturated rings. The lowest BCUT2D eigenvalue weighted by atomic mass is 10.2. The molecule has 0 radical (unpaired) electrons. The largest absolute Gasteiger partial charge is 0.465 e. The summed E-state index contributed by atoms with van der Waals surface area (Å²) >= 11 is 0. The first-order chi connectivity index (χ1) is 9.88. The molecule has 3 rings (SSSR count). The first kappa shape index (κ1) is 15.1. The second kappa shape index (κ2) is 5.41. The SMILES string of the molecule is Cc1oc(C)c(S(=O)(=O)NCC2CC2C)c1CNC1CC1. The smallest absolute Gasteiger partial charge is 0.244 e. The van der Waals surface area contributed by atoms with Crippen LogP contribution in [0.5, 0.6) is 0 Å². The second-order valence-corrected chi connectivity index (χ2v) is 8.21. The molecule has 118 valence electrons. The Balaban J connectivity index is 1.77. The van der Waals surface area contributed by atoms with E-state index < -0.39 is 10.0 Å². The molecule has 0 spiro atoms. The fraction of sp³-hybridized carbons (Fsp3) is 0.733. The lowest BCUT2D eigenvalue weighted by Crippen LogP contribution is -2.28. The molecule has 1 aromatic rings. The van der Waals surface area contributed by atoms with Gasteiger partial charge in [0.2, 0.25) is 10.0 Å². The molecule has 2 unspecified atom stereocenters. The average molecular weight is 312 g/mol. The van der Waals surface area contributed by atoms with E-state index >= 15 is 0 Å². The highest BCUT2D eigenvalue weighted by Gasteiger charge is 2.35. The molecule has 2 saturated carbocycles. The zero-order chi connectivity index (χ0) is 15.2. The Hall–Kier alpha value is -0.850. The third kappa shape index (κ3) is 3.33. The highest BCUT2D eigenvalue weighted by molar-refractivity contribution is 7.89. The van der Waals surface area contributed by atoms with Crippen LogP contribution >= 0.6 is 0 Å². The minimum absolute atomic E-state index is 0.335. The molecule has 2 N–H and O–H groups in total. The van der Waals surface area contributed by atoms with Crippen LogP contribution in [0.25, 0.3) is 0 Å². The van der Waals surface area contributed by atoms with Crippen molar-refractivity contribution in [3.8, 4) is 0 Å². The topological polar surface area (TPSA) is 71.3 Å². The van der Waals surface area contributed by atoms with E-state index in [-0.39, 0.29) is 0 Å². The summed E-state index contributed by atoms with van der Waals surface area (Å²) in [4.78, 5) is 0.335. The van der Waals surface area contributed by atoms with Gasteiger partial charge in [-0.25, -0.2) is 13.1 Å². The molecule has 2 aliphatic rings. The fourth-order valence-electron chi connectivity index (χ4n) is 2.77. The third-order valence-electron chi connectivity index (χ3n) is 4.55. The molecule has 0 aromatic carbocycles. The summed E-state index contributed by atoms with van der Waals surface area (Å²) in [7, 11) is -3.49. The van der Waals surface area contributed by atoms with Crippen LogP contribution in [0.1, 0.15) is 43.3 Å². The normalized spacial score (nSPS) is 25.3. The van der Waals surface area contributed by atoms with Gasteiger partial charge < -0.3 is 9.73 Å². The Kier molecular flexibility index (Phi) is 3.88. The van der Waals surface area contributed by atoms with Crippen molar-refractivity contribution in [2.45, 2.75) is 57.5 Å². The predicted molar refractivity (Wildman–Crippen MR) is 80.5 cm³/mol. The molecule has 0 bridgehead atoms. The molecule has 0 amide bonds. The maximum absolute atomic E-state index is 12.6. The molecular formula is C15H24N2O3S. The first-order valence-electron chi connectivity index (χ1n) is 7.70. The molecule has 21 heavy (non-hydrogen) atoms. The van der Waals surface area contributed by atoms with E-state index in [1.54, 1.807) is 6.92 Å². The standard InChI is InChI=1S/C15H24N2O3S/c1-9-6-12(9)7-17-21(18,19)15-11(3)20-10(2)14(15)8-16-13-4-5-13/h9,12-13,16-17H,4-8H2,1-3H3. The quantitative estimate of drug-likeness (QED) is 0.808. The number of sulfonamides is 1. The van der Waals surface area contributed by atoms with Crippen molar-refractivity contribution in [2.75, 3.05) is 6.54 Å². The van der Waals surface area contributed by atoms with Gasteiger partial charge in [0.15, 0.2) is 0 Å². The second-order valence-electron chi connectivity index (χ2n) is 6.50. The van der Waals surface area contributed by atoms with Gasteiger partial charge in [-0.1, -0.05) is 6.92 Å². The van der Waals surface area contributed by atoms with Crippen LogP contribution < -0.4 is 10.0 Å². The Morgan fingerprint density at radius 3 is 2.48 bits per heavy atom. The van der Waals surface area contributed by atoms with Gasteiger partial charge in [0.25, 0.3) is 0 Å². The zero-order valence-electron chi connectivity index (χ0n) is 12.9. The van der Waals surface area contributed by atoms with E-state index in [9.17, 15) is 8.42 Å². The van der Waals surface area contributed by atoms with E-state index in [1.807, 2.05) is 6.92 Å². The summed E-state index contributed by atoms with van der Waals surface area (Å²) in [6.45, 7) is 6.80. The molecular weight excluding hydrogens is 288 g/mol. The molecule has 2 atom stereocenters. The van der Waals surface area contributed by atoms with Crippen molar-refractivity contribution >= 4 is 10.0 Å². The van der Waals surface area contributed by atoms with Gasteiger partial charge in [-0.15, -0.1) is 0 Å².